The average Bonchev–Trinajstić information content (AvgIpc) is 3.07. The van der Waals surface area contributed by atoms with E-state index in [0.717, 1.165) is 0 Å². The Kier molecular flexibility index (Phi) is 5.17. The Morgan fingerprint density at radius 2 is 2.04 bits per heavy atom. The zero-order chi connectivity index (χ0) is 19.6. The number of nitriles is 1. The van der Waals surface area contributed by atoms with E-state index in [1.165, 1.54) is 11.9 Å². The standard InChI is InChI=1S/C20H17F2N3O2/c1-12-14(11-23)19-20(18(22)17(12)13-6-4-3-5-7-13)27-15(24-19)10-16(26)25(2)9-8-21/h3-7H,8-10H2,1-2H3. The van der Waals surface area contributed by atoms with E-state index in [4.69, 9.17) is 4.42 Å². The van der Waals surface area contributed by atoms with Crippen LogP contribution in [0.1, 0.15) is 17.0 Å². The van der Waals surface area contributed by atoms with Crippen molar-refractivity contribution in [2.75, 3.05) is 20.3 Å². The van der Waals surface area contributed by atoms with Crippen molar-refractivity contribution in [2.24, 2.45) is 0 Å². The Bertz CT molecular complexity index is 1040. The van der Waals surface area contributed by atoms with Crippen molar-refractivity contribution in [3.05, 3.63) is 53.2 Å². The highest BCUT2D eigenvalue weighted by molar-refractivity contribution is 5.90. The Labute approximate surface area is 154 Å². The molecule has 0 atom stereocenters. The Morgan fingerprint density at radius 1 is 1.33 bits per heavy atom. The molecule has 0 fully saturated rings. The molecule has 3 aromatic rings. The lowest BCUT2D eigenvalue weighted by molar-refractivity contribution is -0.129. The lowest BCUT2D eigenvalue weighted by atomic mass is 9.95. The van der Waals surface area contributed by atoms with Crippen molar-refractivity contribution in [3.63, 3.8) is 0 Å². The molecule has 0 aliphatic carbocycles. The van der Waals surface area contributed by atoms with Gasteiger partial charge in [-0.15, -0.1) is 0 Å². The SMILES string of the molecule is Cc1c(-c2ccccc2)c(F)c2oc(CC(=O)N(C)CCF)nc2c1C#N. The largest absolute Gasteiger partial charge is 0.437 e. The number of carbonyl (C=O) groups is 1. The van der Waals surface area contributed by atoms with Crippen LogP contribution in [-0.2, 0) is 11.2 Å². The van der Waals surface area contributed by atoms with Crippen molar-refractivity contribution >= 4 is 17.0 Å². The summed E-state index contributed by atoms with van der Waals surface area (Å²) in [6.45, 7) is 0.939. The fourth-order valence-electron chi connectivity index (χ4n) is 2.94. The van der Waals surface area contributed by atoms with Gasteiger partial charge < -0.3 is 9.32 Å². The number of carbonyl (C=O) groups excluding carboxylic acids is 1. The third-order valence-electron chi connectivity index (χ3n) is 4.40. The van der Waals surface area contributed by atoms with Crippen LogP contribution in [0.3, 0.4) is 0 Å². The van der Waals surface area contributed by atoms with Crippen LogP contribution in [0, 0.1) is 24.1 Å². The van der Waals surface area contributed by atoms with Gasteiger partial charge in [0.15, 0.2) is 11.4 Å². The van der Waals surface area contributed by atoms with Crippen molar-refractivity contribution < 1.29 is 18.0 Å². The minimum Gasteiger partial charge on any atom is -0.437 e. The van der Waals surface area contributed by atoms with Gasteiger partial charge >= 0.3 is 0 Å². The number of rotatable bonds is 5. The maximum absolute atomic E-state index is 15.2. The van der Waals surface area contributed by atoms with Crippen LogP contribution < -0.4 is 0 Å². The van der Waals surface area contributed by atoms with E-state index in [2.05, 4.69) is 11.1 Å². The summed E-state index contributed by atoms with van der Waals surface area (Å²) in [5.41, 5.74) is 1.46. The van der Waals surface area contributed by atoms with Crippen LogP contribution in [0.2, 0.25) is 0 Å². The van der Waals surface area contributed by atoms with Crippen LogP contribution in [0.15, 0.2) is 34.7 Å². The highest BCUT2D eigenvalue weighted by atomic mass is 19.1. The van der Waals surface area contributed by atoms with Crippen molar-refractivity contribution in [2.45, 2.75) is 13.3 Å². The molecule has 0 N–H and O–H groups in total. The summed E-state index contributed by atoms with van der Waals surface area (Å²) in [7, 11) is 1.46. The third kappa shape index (κ3) is 3.38. The van der Waals surface area contributed by atoms with Gasteiger partial charge in [0.1, 0.15) is 24.7 Å². The molecule has 0 aliphatic rings. The minimum absolute atomic E-state index is 0.0132. The Morgan fingerprint density at radius 3 is 2.67 bits per heavy atom. The van der Waals surface area contributed by atoms with E-state index in [9.17, 15) is 14.4 Å². The molecule has 138 valence electrons. The molecule has 3 rings (SSSR count). The smallest absolute Gasteiger partial charge is 0.231 e. The van der Waals surface area contributed by atoms with E-state index < -0.39 is 18.4 Å². The number of hydrogen-bond acceptors (Lipinski definition) is 4. The molecule has 0 spiro atoms. The van der Waals surface area contributed by atoms with E-state index in [-0.39, 0.29) is 41.1 Å². The number of hydrogen-bond donors (Lipinski definition) is 0. The van der Waals surface area contributed by atoms with Gasteiger partial charge in [0, 0.05) is 19.2 Å². The van der Waals surface area contributed by atoms with E-state index >= 15 is 4.39 Å². The molecule has 27 heavy (non-hydrogen) atoms. The summed E-state index contributed by atoms with van der Waals surface area (Å²) in [4.78, 5) is 17.4. The number of benzene rings is 2. The van der Waals surface area contributed by atoms with Gasteiger partial charge in [-0.25, -0.2) is 13.8 Å². The summed E-state index contributed by atoms with van der Waals surface area (Å²) >= 11 is 0. The van der Waals surface area contributed by atoms with Gasteiger partial charge in [-0.1, -0.05) is 30.3 Å². The molecule has 1 aromatic heterocycles. The van der Waals surface area contributed by atoms with Crippen LogP contribution >= 0.6 is 0 Å². The fourth-order valence-corrected chi connectivity index (χ4v) is 2.94. The Hall–Kier alpha value is -3.27. The van der Waals surface area contributed by atoms with E-state index in [1.54, 1.807) is 31.2 Å². The zero-order valence-corrected chi connectivity index (χ0v) is 14.9. The minimum atomic E-state index is -0.664. The van der Waals surface area contributed by atoms with Gasteiger partial charge in [0.2, 0.25) is 11.8 Å². The molecule has 0 saturated carbocycles. The average molecular weight is 369 g/mol. The van der Waals surface area contributed by atoms with Crippen molar-refractivity contribution in [3.8, 4) is 17.2 Å². The number of halogens is 2. The fraction of sp³-hybridized carbons (Fsp3) is 0.250. The van der Waals surface area contributed by atoms with Gasteiger partial charge in [-0.2, -0.15) is 5.26 Å². The van der Waals surface area contributed by atoms with Crippen LogP contribution in [0.25, 0.3) is 22.2 Å². The molecule has 5 nitrogen and oxygen atoms in total. The summed E-state index contributed by atoms with van der Waals surface area (Å²) in [5.74, 6) is -1.05. The first kappa shape index (κ1) is 18.5. The molecular formula is C20H17F2N3O2. The molecule has 2 aromatic carbocycles. The highest BCUT2D eigenvalue weighted by Gasteiger charge is 2.24. The third-order valence-corrected chi connectivity index (χ3v) is 4.40. The molecule has 0 saturated heterocycles. The maximum atomic E-state index is 15.2. The lowest BCUT2D eigenvalue weighted by Crippen LogP contribution is -2.30. The first-order chi connectivity index (χ1) is 13.0. The van der Waals surface area contributed by atoms with Gasteiger partial charge in [0.05, 0.1) is 5.56 Å². The summed E-state index contributed by atoms with van der Waals surface area (Å²) in [6.07, 6.45) is -0.241. The predicted octanol–water partition coefficient (Wildman–Crippen LogP) is 3.78. The summed E-state index contributed by atoms with van der Waals surface area (Å²) in [6, 6.07) is 10.9. The molecule has 0 unspecified atom stereocenters. The molecular weight excluding hydrogens is 352 g/mol. The molecule has 0 radical (unpaired) electrons. The number of aromatic nitrogens is 1. The normalized spacial score (nSPS) is 10.8. The summed E-state index contributed by atoms with van der Waals surface area (Å²) < 4.78 is 33.0. The van der Waals surface area contributed by atoms with Gasteiger partial charge in [-0.3, -0.25) is 4.79 Å². The number of fused-ring (bicyclic) bond motifs is 1. The van der Waals surface area contributed by atoms with Crippen molar-refractivity contribution in [1.82, 2.24) is 9.88 Å². The summed E-state index contributed by atoms with van der Waals surface area (Å²) in [5, 5.41) is 9.56. The highest BCUT2D eigenvalue weighted by Crippen LogP contribution is 2.35. The van der Waals surface area contributed by atoms with Crippen LogP contribution in [0.5, 0.6) is 0 Å². The first-order valence-electron chi connectivity index (χ1n) is 8.34. The van der Waals surface area contributed by atoms with Crippen LogP contribution in [0.4, 0.5) is 8.78 Å². The lowest BCUT2D eigenvalue weighted by Gasteiger charge is -2.13. The zero-order valence-electron chi connectivity index (χ0n) is 14.9. The topological polar surface area (TPSA) is 70.1 Å². The second kappa shape index (κ2) is 7.54. The first-order valence-corrected chi connectivity index (χ1v) is 8.34. The van der Waals surface area contributed by atoms with E-state index in [1.807, 2.05) is 6.07 Å². The van der Waals surface area contributed by atoms with Crippen LogP contribution in [-0.4, -0.2) is 36.1 Å². The van der Waals surface area contributed by atoms with Gasteiger partial charge in [-0.05, 0) is 18.1 Å². The number of oxazole rings is 1. The van der Waals surface area contributed by atoms with Gasteiger partial charge in [0.25, 0.3) is 0 Å². The quantitative estimate of drug-likeness (QED) is 0.686. The number of likely N-dealkylation sites (N-methyl/N-ethyl adjacent to an activating group) is 1. The second-order valence-corrected chi connectivity index (χ2v) is 6.13. The molecule has 0 bridgehead atoms. The Balaban J connectivity index is 2.12. The molecule has 0 aliphatic heterocycles. The maximum Gasteiger partial charge on any atom is 0.231 e. The predicted molar refractivity (Wildman–Crippen MR) is 96.2 cm³/mol. The molecule has 1 heterocycles. The second-order valence-electron chi connectivity index (χ2n) is 6.13. The number of amides is 1. The number of nitrogens with zero attached hydrogens (tertiary/aromatic N) is 3. The molecule has 7 heteroatoms. The number of alkyl halides is 1. The van der Waals surface area contributed by atoms with Crippen molar-refractivity contribution in [1.29, 1.82) is 5.26 Å². The van der Waals surface area contributed by atoms with E-state index in [0.29, 0.717) is 11.1 Å². The monoisotopic (exact) mass is 369 g/mol. The molecule has 1 amide bonds.